The van der Waals surface area contributed by atoms with E-state index in [9.17, 15) is 14.7 Å². The molecule has 1 aliphatic carbocycles. The lowest BCUT2D eigenvalue weighted by Crippen LogP contribution is -2.41. The molecule has 0 bridgehead atoms. The zero-order valence-corrected chi connectivity index (χ0v) is 25.4. The largest absolute Gasteiger partial charge is 0.497 e. The highest BCUT2D eigenvalue weighted by molar-refractivity contribution is 5.89. The van der Waals surface area contributed by atoms with E-state index in [0.29, 0.717) is 6.54 Å². The number of methoxy groups -OCH3 is 1. The minimum atomic E-state index is -0.962. The van der Waals surface area contributed by atoms with Gasteiger partial charge in [0.2, 0.25) is 5.91 Å². The van der Waals surface area contributed by atoms with Crippen LogP contribution in [0, 0.1) is 5.92 Å². The van der Waals surface area contributed by atoms with Crippen molar-refractivity contribution in [3.05, 3.63) is 161 Å². The van der Waals surface area contributed by atoms with E-state index in [2.05, 4.69) is 53.4 Å². The van der Waals surface area contributed by atoms with Gasteiger partial charge in [0, 0.05) is 6.54 Å². The number of benzene rings is 5. The second-order valence-corrected chi connectivity index (χ2v) is 11.8. The number of aromatic carboxylic acids is 1. The maximum atomic E-state index is 14.5. The summed E-state index contributed by atoms with van der Waals surface area (Å²) in [7, 11) is 1.69. The van der Waals surface area contributed by atoms with Gasteiger partial charge in [0.25, 0.3) is 0 Å². The molecule has 5 aromatic carbocycles. The van der Waals surface area contributed by atoms with Crippen molar-refractivity contribution >= 4 is 11.9 Å². The van der Waals surface area contributed by atoms with Crippen LogP contribution in [-0.4, -0.2) is 29.0 Å². The Kier molecular flexibility index (Phi) is 9.06. The van der Waals surface area contributed by atoms with E-state index in [1.54, 1.807) is 25.3 Å². The highest BCUT2D eigenvalue weighted by Gasteiger charge is 2.36. The Hall–Kier alpha value is -5.16. The monoisotopic (exact) mass is 595 g/mol. The average molecular weight is 596 g/mol. The predicted octanol–water partition coefficient (Wildman–Crippen LogP) is 8.18. The Labute approximate surface area is 264 Å². The first-order valence-corrected chi connectivity index (χ1v) is 15.5. The van der Waals surface area contributed by atoms with Gasteiger partial charge in [0.1, 0.15) is 5.75 Å². The van der Waals surface area contributed by atoms with Crippen molar-refractivity contribution in [3.63, 3.8) is 0 Å². The number of carbonyl (C=O) groups excluding carboxylic acids is 1. The summed E-state index contributed by atoms with van der Waals surface area (Å²) >= 11 is 0. The minimum Gasteiger partial charge on any atom is -0.497 e. The van der Waals surface area contributed by atoms with Crippen molar-refractivity contribution in [1.82, 2.24) is 4.90 Å². The van der Waals surface area contributed by atoms with Gasteiger partial charge in [-0.3, -0.25) is 4.79 Å². The van der Waals surface area contributed by atoms with E-state index in [-0.39, 0.29) is 29.9 Å². The Bertz CT molecular complexity index is 1800. The first kappa shape index (κ1) is 29.9. The van der Waals surface area contributed by atoms with Gasteiger partial charge in [-0.1, -0.05) is 103 Å². The zero-order valence-electron chi connectivity index (χ0n) is 25.4. The molecule has 5 aromatic rings. The van der Waals surface area contributed by atoms with Gasteiger partial charge >= 0.3 is 5.97 Å². The third kappa shape index (κ3) is 6.99. The standard InChI is InChI=1S/C40H37NO4/c1-45-36-18-8-13-29(24-36)23-34-21-20-31-14-5-6-19-37(31)39(34)41(27-28-10-3-2-4-11-28)38(42)25-30-12-7-15-32(22-30)33-16-9-17-35(26-33)40(43)44/h2-19,22,24,26,34,39H,20-21,23,25,27H2,1H3,(H,43,44)/t34-,39-/m0/s1. The summed E-state index contributed by atoms with van der Waals surface area (Å²) in [6.07, 6.45) is 3.03. The molecule has 0 fully saturated rings. The molecule has 1 amide bonds. The summed E-state index contributed by atoms with van der Waals surface area (Å²) in [5.41, 5.74) is 7.64. The fraction of sp³-hybridized carbons (Fsp3) is 0.200. The molecule has 0 aromatic heterocycles. The van der Waals surface area contributed by atoms with Crippen LogP contribution in [0.15, 0.2) is 127 Å². The minimum absolute atomic E-state index is 0.0626. The van der Waals surface area contributed by atoms with Crippen LogP contribution >= 0.6 is 0 Å². The first-order chi connectivity index (χ1) is 22.0. The van der Waals surface area contributed by atoms with Crippen LogP contribution in [-0.2, 0) is 30.6 Å². The summed E-state index contributed by atoms with van der Waals surface area (Å²) in [4.78, 5) is 28.2. The molecule has 5 nitrogen and oxygen atoms in total. The van der Waals surface area contributed by atoms with Crippen LogP contribution < -0.4 is 4.74 Å². The highest BCUT2D eigenvalue weighted by Crippen LogP contribution is 2.42. The summed E-state index contributed by atoms with van der Waals surface area (Å²) < 4.78 is 5.52. The van der Waals surface area contributed by atoms with Crippen molar-refractivity contribution < 1.29 is 19.4 Å². The van der Waals surface area contributed by atoms with Crippen LogP contribution in [0.4, 0.5) is 0 Å². The summed E-state index contributed by atoms with van der Waals surface area (Å²) in [5.74, 6) is 0.166. The van der Waals surface area contributed by atoms with Crippen molar-refractivity contribution in [2.75, 3.05) is 7.11 Å². The van der Waals surface area contributed by atoms with E-state index in [0.717, 1.165) is 47.3 Å². The fourth-order valence-corrected chi connectivity index (χ4v) is 6.63. The Morgan fingerprint density at radius 2 is 1.44 bits per heavy atom. The van der Waals surface area contributed by atoms with Crippen LogP contribution in [0.1, 0.15) is 50.6 Å². The van der Waals surface area contributed by atoms with Gasteiger partial charge in [-0.05, 0) is 88.4 Å². The lowest BCUT2D eigenvalue weighted by molar-refractivity contribution is -0.135. The maximum Gasteiger partial charge on any atom is 0.335 e. The number of carboxylic acids is 1. The molecular formula is C40H37NO4. The Balaban J connectivity index is 1.36. The van der Waals surface area contributed by atoms with Gasteiger partial charge in [-0.2, -0.15) is 0 Å². The molecule has 5 heteroatoms. The molecule has 1 N–H and O–H groups in total. The summed E-state index contributed by atoms with van der Waals surface area (Å²) in [5, 5.41) is 9.49. The summed E-state index contributed by atoms with van der Waals surface area (Å²) in [6, 6.07) is 41.7. The number of amides is 1. The fourth-order valence-electron chi connectivity index (χ4n) is 6.63. The number of hydrogen-bond donors (Lipinski definition) is 1. The number of carboxylic acid groups (broad SMARTS) is 1. The second-order valence-electron chi connectivity index (χ2n) is 11.8. The van der Waals surface area contributed by atoms with E-state index in [4.69, 9.17) is 4.74 Å². The molecule has 226 valence electrons. The average Bonchev–Trinajstić information content (AvgIpc) is 3.08. The number of ether oxygens (including phenoxy) is 1. The molecule has 0 saturated heterocycles. The number of aryl methyl sites for hydroxylation is 1. The van der Waals surface area contributed by atoms with Crippen molar-refractivity contribution in [2.24, 2.45) is 5.92 Å². The lowest BCUT2D eigenvalue weighted by atomic mass is 9.76. The van der Waals surface area contributed by atoms with Gasteiger partial charge in [-0.15, -0.1) is 0 Å². The molecule has 0 heterocycles. The van der Waals surface area contributed by atoms with Crippen LogP contribution in [0.3, 0.4) is 0 Å². The zero-order chi connectivity index (χ0) is 31.2. The predicted molar refractivity (Wildman–Crippen MR) is 177 cm³/mol. The van der Waals surface area contributed by atoms with Gasteiger partial charge < -0.3 is 14.7 Å². The van der Waals surface area contributed by atoms with E-state index in [1.165, 1.54) is 16.7 Å². The smallest absolute Gasteiger partial charge is 0.335 e. The molecule has 0 aliphatic heterocycles. The quantitative estimate of drug-likeness (QED) is 0.177. The van der Waals surface area contributed by atoms with E-state index >= 15 is 0 Å². The Morgan fingerprint density at radius 3 is 2.24 bits per heavy atom. The molecule has 0 spiro atoms. The van der Waals surface area contributed by atoms with Gasteiger partial charge in [0.15, 0.2) is 0 Å². The van der Waals surface area contributed by atoms with Crippen LogP contribution in [0.5, 0.6) is 5.75 Å². The molecule has 0 unspecified atom stereocenters. The van der Waals surface area contributed by atoms with Crippen LogP contribution in [0.2, 0.25) is 0 Å². The van der Waals surface area contributed by atoms with Crippen molar-refractivity contribution in [2.45, 2.75) is 38.3 Å². The van der Waals surface area contributed by atoms with Gasteiger partial charge in [-0.25, -0.2) is 4.79 Å². The topological polar surface area (TPSA) is 66.8 Å². The van der Waals surface area contributed by atoms with E-state index < -0.39 is 5.97 Å². The number of hydrogen-bond acceptors (Lipinski definition) is 3. The van der Waals surface area contributed by atoms with Crippen molar-refractivity contribution in [1.29, 1.82) is 0 Å². The molecule has 1 aliphatic rings. The second kappa shape index (κ2) is 13.6. The van der Waals surface area contributed by atoms with E-state index in [1.807, 2.05) is 60.7 Å². The Morgan fingerprint density at radius 1 is 0.756 bits per heavy atom. The first-order valence-electron chi connectivity index (χ1n) is 15.5. The molecular weight excluding hydrogens is 558 g/mol. The number of rotatable bonds is 10. The molecule has 2 atom stereocenters. The number of carbonyl (C=O) groups is 2. The highest BCUT2D eigenvalue weighted by atomic mass is 16.5. The molecule has 0 radical (unpaired) electrons. The van der Waals surface area contributed by atoms with Crippen LogP contribution in [0.25, 0.3) is 11.1 Å². The maximum absolute atomic E-state index is 14.5. The SMILES string of the molecule is COc1cccc(C[C@@H]2CCc3ccccc3[C@H]2N(Cc2ccccc2)C(=O)Cc2cccc(-c3cccc(C(=O)O)c3)c2)c1. The normalized spacial score (nSPS) is 15.6. The number of fused-ring (bicyclic) bond motifs is 1. The van der Waals surface area contributed by atoms with Crippen molar-refractivity contribution in [3.8, 4) is 16.9 Å². The molecule has 0 saturated carbocycles. The lowest BCUT2D eigenvalue weighted by Gasteiger charge is -2.42. The molecule has 6 rings (SSSR count). The third-order valence-electron chi connectivity index (χ3n) is 8.81. The molecule has 45 heavy (non-hydrogen) atoms. The summed E-state index contributed by atoms with van der Waals surface area (Å²) in [6.45, 7) is 0.508. The number of nitrogens with zero attached hydrogens (tertiary/aromatic N) is 1. The third-order valence-corrected chi connectivity index (χ3v) is 8.81. The van der Waals surface area contributed by atoms with Gasteiger partial charge in [0.05, 0.1) is 25.1 Å².